The van der Waals surface area contributed by atoms with Gasteiger partial charge < -0.3 is 14.8 Å². The first-order valence-corrected chi connectivity index (χ1v) is 7.40. The molecule has 6 heteroatoms. The maximum atomic E-state index is 12.8. The Morgan fingerprint density at radius 1 is 1.30 bits per heavy atom. The third-order valence-electron chi connectivity index (χ3n) is 3.55. The molecule has 0 radical (unpaired) electrons. The number of carbonyl (C=O) groups excluding carboxylic acids is 1. The summed E-state index contributed by atoms with van der Waals surface area (Å²) in [4.78, 5) is 17.1. The van der Waals surface area contributed by atoms with E-state index in [-0.39, 0.29) is 5.78 Å². The monoisotopic (exact) mass is 330 g/mol. The van der Waals surface area contributed by atoms with Crippen molar-refractivity contribution < 1.29 is 14.3 Å². The average Bonchev–Trinajstić information content (AvgIpc) is 2.91. The quantitative estimate of drug-likeness (QED) is 0.934. The predicted octanol–water partition coefficient (Wildman–Crippen LogP) is 2.97. The first-order chi connectivity index (χ1) is 11.1. The van der Waals surface area contributed by atoms with Gasteiger partial charge >= 0.3 is 0 Å². The van der Waals surface area contributed by atoms with E-state index in [0.717, 1.165) is 0 Å². The normalized spacial score (nSPS) is 17.2. The van der Waals surface area contributed by atoms with E-state index in [1.807, 2.05) is 6.07 Å². The van der Waals surface area contributed by atoms with Crippen LogP contribution >= 0.6 is 11.6 Å². The zero-order valence-electron chi connectivity index (χ0n) is 12.7. The lowest BCUT2D eigenvalue weighted by Crippen LogP contribution is -2.10. The van der Waals surface area contributed by atoms with E-state index >= 15 is 0 Å². The highest BCUT2D eigenvalue weighted by Crippen LogP contribution is 2.37. The Balaban J connectivity index is 2.00. The second-order valence-corrected chi connectivity index (χ2v) is 5.39. The van der Waals surface area contributed by atoms with Crippen molar-refractivity contribution in [2.24, 2.45) is 0 Å². The Labute approximate surface area is 138 Å². The molecule has 5 nitrogen and oxygen atoms in total. The van der Waals surface area contributed by atoms with Crippen molar-refractivity contribution in [2.75, 3.05) is 14.2 Å². The van der Waals surface area contributed by atoms with Crippen LogP contribution in [0.2, 0.25) is 5.02 Å². The molecule has 0 spiro atoms. The molecular weight excluding hydrogens is 316 g/mol. The largest absolute Gasteiger partial charge is 0.497 e. The van der Waals surface area contributed by atoms with Crippen LogP contribution in [0.3, 0.4) is 0 Å². The van der Waals surface area contributed by atoms with Gasteiger partial charge in [0.25, 0.3) is 0 Å². The van der Waals surface area contributed by atoms with Crippen molar-refractivity contribution in [3.05, 3.63) is 64.8 Å². The maximum Gasteiger partial charge on any atom is 0.215 e. The van der Waals surface area contributed by atoms with E-state index < -0.39 is 6.10 Å². The highest BCUT2D eigenvalue weighted by molar-refractivity contribution is 6.30. The number of nitrogens with zero attached hydrogens (tertiary/aromatic N) is 1. The third kappa shape index (κ3) is 2.87. The molecule has 118 valence electrons. The minimum atomic E-state index is -0.737. The number of halogens is 1. The number of ketones is 1. The van der Waals surface area contributed by atoms with Gasteiger partial charge in [0.05, 0.1) is 12.8 Å². The molecule has 1 N–H and O–H groups in total. The molecule has 0 bridgehead atoms. The standard InChI is InChI=1S/C17H15ClN2O3/c1-19-17-14(13-9-12(22-2)6-7-20-13)15(21)16(23-17)10-4-3-5-11(18)8-10/h3-9,16,19H,1-2H3/t16-/m1/s1. The minimum absolute atomic E-state index is 0.169. The summed E-state index contributed by atoms with van der Waals surface area (Å²) in [5, 5.41) is 3.47. The fourth-order valence-corrected chi connectivity index (χ4v) is 2.66. The van der Waals surface area contributed by atoms with E-state index in [9.17, 15) is 4.79 Å². The fourth-order valence-electron chi connectivity index (χ4n) is 2.46. The van der Waals surface area contributed by atoms with E-state index in [1.165, 1.54) is 0 Å². The smallest absolute Gasteiger partial charge is 0.215 e. The summed E-state index contributed by atoms with van der Waals surface area (Å²) in [7, 11) is 3.26. The number of pyridine rings is 1. The van der Waals surface area contributed by atoms with Crippen molar-refractivity contribution in [3.63, 3.8) is 0 Å². The second kappa shape index (κ2) is 6.30. The molecule has 0 saturated heterocycles. The highest BCUT2D eigenvalue weighted by atomic mass is 35.5. The molecule has 1 aliphatic rings. The number of hydrogen-bond donors (Lipinski definition) is 1. The number of methoxy groups -OCH3 is 1. The van der Waals surface area contributed by atoms with E-state index in [1.54, 1.807) is 50.7 Å². The SMILES string of the molecule is CNC1=C(c2cc(OC)ccn2)C(=O)[C@@H](c2cccc(Cl)c2)O1. The van der Waals surface area contributed by atoms with Crippen LogP contribution in [0.5, 0.6) is 5.75 Å². The summed E-state index contributed by atoms with van der Waals surface area (Å²) in [6.45, 7) is 0. The number of nitrogens with one attached hydrogen (secondary N) is 1. The van der Waals surface area contributed by atoms with Gasteiger partial charge in [-0.25, -0.2) is 0 Å². The van der Waals surface area contributed by atoms with Crippen molar-refractivity contribution in [2.45, 2.75) is 6.10 Å². The molecule has 0 amide bonds. The third-order valence-corrected chi connectivity index (χ3v) is 3.78. The molecule has 1 aromatic heterocycles. The van der Waals surface area contributed by atoms with Gasteiger partial charge in [-0.05, 0) is 18.2 Å². The van der Waals surface area contributed by atoms with Crippen LogP contribution in [-0.2, 0) is 9.53 Å². The number of Topliss-reactive ketones (excluding diaryl/α,β-unsaturated/α-hetero) is 1. The zero-order valence-corrected chi connectivity index (χ0v) is 13.4. The lowest BCUT2D eigenvalue weighted by molar-refractivity contribution is -0.120. The Morgan fingerprint density at radius 3 is 2.83 bits per heavy atom. The minimum Gasteiger partial charge on any atom is -0.497 e. The Kier molecular flexibility index (Phi) is 4.21. The fraction of sp³-hybridized carbons (Fsp3) is 0.176. The molecule has 2 heterocycles. The van der Waals surface area contributed by atoms with Crippen molar-refractivity contribution >= 4 is 23.0 Å². The van der Waals surface area contributed by atoms with Crippen LogP contribution in [0, 0.1) is 0 Å². The Hall–Kier alpha value is -2.53. The molecule has 2 aromatic rings. The summed E-state index contributed by atoms with van der Waals surface area (Å²) in [6.07, 6.45) is 0.855. The van der Waals surface area contributed by atoms with Gasteiger partial charge in [0.15, 0.2) is 6.10 Å². The van der Waals surface area contributed by atoms with Crippen molar-refractivity contribution in [1.82, 2.24) is 10.3 Å². The van der Waals surface area contributed by atoms with Gasteiger partial charge in [-0.3, -0.25) is 9.78 Å². The average molecular weight is 331 g/mol. The van der Waals surface area contributed by atoms with Gasteiger partial charge in [-0.2, -0.15) is 0 Å². The molecular formula is C17H15ClN2O3. The van der Waals surface area contributed by atoms with E-state index in [2.05, 4.69) is 10.3 Å². The molecule has 3 rings (SSSR count). The summed E-state index contributed by atoms with van der Waals surface area (Å²) in [5.74, 6) is 0.843. The van der Waals surface area contributed by atoms with E-state index in [4.69, 9.17) is 21.1 Å². The summed E-state index contributed by atoms with van der Waals surface area (Å²) >= 11 is 6.01. The predicted molar refractivity (Wildman–Crippen MR) is 87.1 cm³/mol. The van der Waals surface area contributed by atoms with Crippen LogP contribution in [0.4, 0.5) is 0 Å². The summed E-state index contributed by atoms with van der Waals surface area (Å²) in [5.41, 5.74) is 1.60. The maximum absolute atomic E-state index is 12.8. The van der Waals surface area contributed by atoms with Crippen LogP contribution in [0.15, 0.2) is 48.5 Å². The lowest BCUT2D eigenvalue weighted by Gasteiger charge is -2.11. The number of rotatable bonds is 4. The van der Waals surface area contributed by atoms with Crippen LogP contribution in [0.1, 0.15) is 17.4 Å². The Morgan fingerprint density at radius 2 is 2.13 bits per heavy atom. The molecule has 23 heavy (non-hydrogen) atoms. The van der Waals surface area contributed by atoms with Gasteiger partial charge in [0.2, 0.25) is 11.7 Å². The molecule has 1 aliphatic heterocycles. The summed E-state index contributed by atoms with van der Waals surface area (Å²) in [6, 6.07) is 10.5. The van der Waals surface area contributed by atoms with Gasteiger partial charge in [0.1, 0.15) is 11.3 Å². The first kappa shape index (κ1) is 15.4. The molecule has 0 aliphatic carbocycles. The zero-order chi connectivity index (χ0) is 16.4. The number of ether oxygens (including phenoxy) is 2. The van der Waals surface area contributed by atoms with Crippen molar-refractivity contribution in [1.29, 1.82) is 0 Å². The van der Waals surface area contributed by atoms with Crippen LogP contribution in [-0.4, -0.2) is 24.9 Å². The van der Waals surface area contributed by atoms with E-state index in [0.29, 0.717) is 33.5 Å². The van der Waals surface area contributed by atoms with Crippen LogP contribution in [0.25, 0.3) is 5.57 Å². The molecule has 0 unspecified atom stereocenters. The van der Waals surface area contributed by atoms with Crippen LogP contribution < -0.4 is 10.1 Å². The number of hydrogen-bond acceptors (Lipinski definition) is 5. The van der Waals surface area contributed by atoms with Crippen molar-refractivity contribution in [3.8, 4) is 5.75 Å². The number of carbonyl (C=O) groups is 1. The van der Waals surface area contributed by atoms with Gasteiger partial charge in [-0.1, -0.05) is 23.7 Å². The van der Waals surface area contributed by atoms with Gasteiger partial charge in [0, 0.05) is 29.9 Å². The number of benzene rings is 1. The first-order valence-electron chi connectivity index (χ1n) is 7.03. The second-order valence-electron chi connectivity index (χ2n) is 4.95. The molecule has 1 atom stereocenters. The Bertz CT molecular complexity index is 789. The molecule has 0 fully saturated rings. The molecule has 1 aromatic carbocycles. The summed E-state index contributed by atoms with van der Waals surface area (Å²) < 4.78 is 11.0. The number of aromatic nitrogens is 1. The topological polar surface area (TPSA) is 60.5 Å². The molecule has 0 saturated carbocycles. The van der Waals surface area contributed by atoms with Gasteiger partial charge in [-0.15, -0.1) is 0 Å². The lowest BCUT2D eigenvalue weighted by atomic mass is 10.00. The highest BCUT2D eigenvalue weighted by Gasteiger charge is 2.37.